The molecule has 0 radical (unpaired) electrons. The molecule has 66 valence electrons. The monoisotopic (exact) mass is 188 g/mol. The van der Waals surface area contributed by atoms with Gasteiger partial charge in [0.25, 0.3) is 0 Å². The van der Waals surface area contributed by atoms with Gasteiger partial charge in [-0.3, -0.25) is 10.1 Å². The molecule has 6 nitrogen and oxygen atoms in total. The SMILES string of the molecule is [N-]=[N+]=NCC1N[C@@H](C(=O)O)CS1. The molecular formula is C5H8N4O2S. The van der Waals surface area contributed by atoms with Gasteiger partial charge in [0, 0.05) is 10.7 Å². The van der Waals surface area contributed by atoms with E-state index in [9.17, 15) is 4.79 Å². The standard InChI is InChI=1S/C5H8N4O2S/c6-9-7-1-4-8-3(2-12-4)5(10)11/h3-4,8H,1-2H2,(H,10,11)/t3-,4?/m1/s1. The predicted molar refractivity (Wildman–Crippen MR) is 44.8 cm³/mol. The van der Waals surface area contributed by atoms with Gasteiger partial charge in [0.15, 0.2) is 0 Å². The third-order valence-electron chi connectivity index (χ3n) is 1.46. The number of hydrogen-bond acceptors (Lipinski definition) is 4. The highest BCUT2D eigenvalue weighted by atomic mass is 32.2. The summed E-state index contributed by atoms with van der Waals surface area (Å²) in [4.78, 5) is 13.0. The van der Waals surface area contributed by atoms with Crippen LogP contribution in [0.5, 0.6) is 0 Å². The zero-order valence-electron chi connectivity index (χ0n) is 6.17. The molecule has 0 aromatic rings. The third kappa shape index (κ3) is 2.30. The molecule has 2 atom stereocenters. The summed E-state index contributed by atoms with van der Waals surface area (Å²) < 4.78 is 0. The van der Waals surface area contributed by atoms with Crippen LogP contribution in [0.1, 0.15) is 0 Å². The van der Waals surface area contributed by atoms with Crippen molar-refractivity contribution in [1.82, 2.24) is 5.32 Å². The lowest BCUT2D eigenvalue weighted by molar-refractivity contribution is -0.138. The number of carboxylic acids is 1. The van der Waals surface area contributed by atoms with Crippen LogP contribution in [0.3, 0.4) is 0 Å². The van der Waals surface area contributed by atoms with Crippen molar-refractivity contribution in [2.45, 2.75) is 11.4 Å². The van der Waals surface area contributed by atoms with E-state index in [4.69, 9.17) is 10.6 Å². The molecule has 0 aromatic carbocycles. The van der Waals surface area contributed by atoms with Gasteiger partial charge < -0.3 is 5.11 Å². The van der Waals surface area contributed by atoms with Gasteiger partial charge in [0.1, 0.15) is 6.04 Å². The molecule has 0 aromatic heterocycles. The Morgan fingerprint density at radius 1 is 1.92 bits per heavy atom. The van der Waals surface area contributed by atoms with Crippen molar-refractivity contribution in [2.75, 3.05) is 12.3 Å². The van der Waals surface area contributed by atoms with Gasteiger partial charge in [0.2, 0.25) is 0 Å². The molecule has 1 rings (SSSR count). The Hall–Kier alpha value is -0.910. The van der Waals surface area contributed by atoms with Crippen molar-refractivity contribution >= 4 is 17.7 Å². The van der Waals surface area contributed by atoms with Crippen LogP contribution < -0.4 is 5.32 Å². The number of hydrogen-bond donors (Lipinski definition) is 2. The fourth-order valence-corrected chi connectivity index (χ4v) is 1.99. The van der Waals surface area contributed by atoms with Gasteiger partial charge in [0.05, 0.1) is 11.9 Å². The summed E-state index contributed by atoms with van der Waals surface area (Å²) in [7, 11) is 0. The first-order chi connectivity index (χ1) is 5.74. The van der Waals surface area contributed by atoms with Crippen LogP contribution in [0, 0.1) is 0 Å². The van der Waals surface area contributed by atoms with E-state index in [1.54, 1.807) is 0 Å². The van der Waals surface area contributed by atoms with Gasteiger partial charge in [-0.05, 0) is 5.53 Å². The highest BCUT2D eigenvalue weighted by Gasteiger charge is 2.28. The molecule has 0 bridgehead atoms. The lowest BCUT2D eigenvalue weighted by Crippen LogP contribution is -2.37. The second-order valence-corrected chi connectivity index (χ2v) is 3.53. The number of aliphatic carboxylic acids is 1. The van der Waals surface area contributed by atoms with Crippen LogP contribution in [0.15, 0.2) is 5.11 Å². The van der Waals surface area contributed by atoms with Crippen LogP contribution in [0.25, 0.3) is 10.4 Å². The number of nitrogens with zero attached hydrogens (tertiary/aromatic N) is 3. The molecule has 12 heavy (non-hydrogen) atoms. The van der Waals surface area contributed by atoms with Crippen molar-refractivity contribution in [2.24, 2.45) is 5.11 Å². The van der Waals surface area contributed by atoms with Crippen LogP contribution in [-0.4, -0.2) is 34.8 Å². The highest BCUT2D eigenvalue weighted by Crippen LogP contribution is 2.18. The first-order valence-electron chi connectivity index (χ1n) is 3.35. The van der Waals surface area contributed by atoms with Crippen molar-refractivity contribution in [1.29, 1.82) is 0 Å². The van der Waals surface area contributed by atoms with Gasteiger partial charge in [-0.2, -0.15) is 0 Å². The Kier molecular flexibility index (Phi) is 3.21. The predicted octanol–water partition coefficient (Wildman–Crippen LogP) is 0.412. The number of carboxylic acid groups (broad SMARTS) is 1. The molecule has 0 spiro atoms. The smallest absolute Gasteiger partial charge is 0.321 e. The molecule has 0 saturated carbocycles. The summed E-state index contributed by atoms with van der Waals surface area (Å²) in [6.07, 6.45) is 0. The normalized spacial score (nSPS) is 28.0. The minimum atomic E-state index is -0.856. The molecule has 2 N–H and O–H groups in total. The van der Waals surface area contributed by atoms with E-state index >= 15 is 0 Å². The van der Waals surface area contributed by atoms with Crippen molar-refractivity contribution < 1.29 is 9.90 Å². The lowest BCUT2D eigenvalue weighted by Gasteiger charge is -2.05. The van der Waals surface area contributed by atoms with Gasteiger partial charge in [-0.15, -0.1) is 11.8 Å². The summed E-state index contributed by atoms with van der Waals surface area (Å²) in [6, 6.07) is -0.506. The second kappa shape index (κ2) is 4.20. The quantitative estimate of drug-likeness (QED) is 0.380. The molecule has 0 amide bonds. The zero-order valence-corrected chi connectivity index (χ0v) is 6.99. The zero-order chi connectivity index (χ0) is 8.97. The maximum Gasteiger partial charge on any atom is 0.321 e. The van der Waals surface area contributed by atoms with E-state index in [-0.39, 0.29) is 5.37 Å². The maximum absolute atomic E-state index is 10.4. The molecule has 1 fully saturated rings. The average Bonchev–Trinajstić information content (AvgIpc) is 2.48. The molecule has 0 aliphatic carbocycles. The van der Waals surface area contributed by atoms with E-state index in [0.717, 1.165) is 0 Å². The first kappa shape index (κ1) is 9.18. The van der Waals surface area contributed by atoms with E-state index in [0.29, 0.717) is 12.3 Å². The Morgan fingerprint density at radius 3 is 3.17 bits per heavy atom. The molecule has 1 heterocycles. The highest BCUT2D eigenvalue weighted by molar-refractivity contribution is 8.00. The number of azide groups is 1. The average molecular weight is 188 g/mol. The number of nitrogens with one attached hydrogen (secondary N) is 1. The summed E-state index contributed by atoms with van der Waals surface area (Å²) >= 11 is 1.46. The van der Waals surface area contributed by atoms with Crippen LogP contribution >= 0.6 is 11.8 Å². The largest absolute Gasteiger partial charge is 0.480 e. The summed E-state index contributed by atoms with van der Waals surface area (Å²) in [5, 5.41) is 14.7. The Balaban J connectivity index is 2.35. The summed E-state index contributed by atoms with van der Waals surface area (Å²) in [5.74, 6) is -0.327. The van der Waals surface area contributed by atoms with Crippen molar-refractivity contribution in [3.8, 4) is 0 Å². The van der Waals surface area contributed by atoms with Gasteiger partial charge in [-0.1, -0.05) is 5.11 Å². The Labute approximate surface area is 73.0 Å². The van der Waals surface area contributed by atoms with Crippen LogP contribution in [0.2, 0.25) is 0 Å². The van der Waals surface area contributed by atoms with E-state index in [2.05, 4.69) is 15.3 Å². The minimum Gasteiger partial charge on any atom is -0.480 e. The molecule has 1 unspecified atom stereocenters. The minimum absolute atomic E-state index is 0.0537. The molecule has 1 aliphatic heterocycles. The molecular weight excluding hydrogens is 180 g/mol. The Morgan fingerprint density at radius 2 is 2.67 bits per heavy atom. The van der Waals surface area contributed by atoms with E-state index in [1.165, 1.54) is 11.8 Å². The molecule has 1 aliphatic rings. The van der Waals surface area contributed by atoms with Gasteiger partial charge in [-0.25, -0.2) is 0 Å². The number of thioether (sulfide) groups is 1. The van der Waals surface area contributed by atoms with Crippen LogP contribution in [0.4, 0.5) is 0 Å². The first-order valence-corrected chi connectivity index (χ1v) is 4.40. The second-order valence-electron chi connectivity index (χ2n) is 2.29. The van der Waals surface area contributed by atoms with Crippen LogP contribution in [-0.2, 0) is 4.79 Å². The summed E-state index contributed by atoms with van der Waals surface area (Å²) in [5.41, 5.74) is 8.01. The lowest BCUT2D eigenvalue weighted by atomic mass is 10.3. The van der Waals surface area contributed by atoms with Crippen molar-refractivity contribution in [3.05, 3.63) is 10.4 Å². The Bertz CT molecular complexity index is 227. The fraction of sp³-hybridized carbons (Fsp3) is 0.800. The van der Waals surface area contributed by atoms with E-state index in [1.807, 2.05) is 0 Å². The maximum atomic E-state index is 10.4. The van der Waals surface area contributed by atoms with Gasteiger partial charge >= 0.3 is 5.97 Å². The summed E-state index contributed by atoms with van der Waals surface area (Å²) in [6.45, 7) is 0.297. The topological polar surface area (TPSA) is 98.1 Å². The van der Waals surface area contributed by atoms with E-state index < -0.39 is 12.0 Å². The molecule has 1 saturated heterocycles. The fourth-order valence-electron chi connectivity index (χ4n) is 0.892. The third-order valence-corrected chi connectivity index (χ3v) is 2.67. The van der Waals surface area contributed by atoms with Crippen molar-refractivity contribution in [3.63, 3.8) is 0 Å². The number of carbonyl (C=O) groups is 1. The molecule has 7 heteroatoms. The number of rotatable bonds is 3.